The number of nitrogens with two attached hydrogens (primary N) is 1. The molecule has 1 saturated carbocycles. The Morgan fingerprint density at radius 1 is 1.21 bits per heavy atom. The molecule has 1 saturated heterocycles. The van der Waals surface area contributed by atoms with E-state index >= 15 is 0 Å². The minimum Gasteiger partial charge on any atom is -0.484 e. The number of piperazine rings is 1. The Hall–Kier alpha value is -2.65. The molecule has 2 aromatic rings. The highest BCUT2D eigenvalue weighted by Gasteiger charge is 2.31. The maximum absolute atomic E-state index is 12.4. The van der Waals surface area contributed by atoms with Gasteiger partial charge in [-0.15, -0.1) is 11.3 Å². The van der Waals surface area contributed by atoms with Crippen LogP contribution in [0.3, 0.4) is 0 Å². The first-order chi connectivity index (χ1) is 13.9. The molecule has 0 bridgehead atoms. The number of primary amides is 1. The summed E-state index contributed by atoms with van der Waals surface area (Å²) in [5.41, 5.74) is 5.87. The summed E-state index contributed by atoms with van der Waals surface area (Å²) in [5, 5.41) is 3.97. The first kappa shape index (κ1) is 19.7. The second-order valence-corrected chi connectivity index (χ2v) is 8.62. The van der Waals surface area contributed by atoms with Crippen LogP contribution in [-0.4, -0.2) is 67.4 Å². The third-order valence-electron chi connectivity index (χ3n) is 5.31. The lowest BCUT2D eigenvalue weighted by atomic mass is 10.1. The molecule has 1 aromatic heterocycles. The lowest BCUT2D eigenvalue weighted by molar-refractivity contribution is -0.134. The Bertz CT molecular complexity index is 961. The number of likely N-dealkylation sites (N-methyl/N-ethyl adjacent to an activating group) is 1. The molecule has 4 rings (SSSR count). The molecular weight excluding hydrogens is 392 g/mol. The number of ether oxygens (including phenoxy) is 1. The number of carbonyl (C=O) groups is 3. The van der Waals surface area contributed by atoms with E-state index < -0.39 is 5.91 Å². The molecule has 1 aromatic carbocycles. The van der Waals surface area contributed by atoms with Crippen LogP contribution in [0.4, 0.5) is 5.00 Å². The van der Waals surface area contributed by atoms with Crippen molar-refractivity contribution in [3.63, 3.8) is 0 Å². The van der Waals surface area contributed by atoms with Crippen molar-refractivity contribution in [2.45, 2.75) is 12.8 Å². The third kappa shape index (κ3) is 4.35. The van der Waals surface area contributed by atoms with Crippen molar-refractivity contribution in [1.82, 2.24) is 9.80 Å². The number of nitrogens with one attached hydrogen (secondary N) is 1. The second kappa shape index (κ2) is 8.00. The summed E-state index contributed by atoms with van der Waals surface area (Å²) < 4.78 is 6.47. The molecule has 1 aliphatic heterocycles. The van der Waals surface area contributed by atoms with Gasteiger partial charge in [0.15, 0.2) is 6.61 Å². The van der Waals surface area contributed by atoms with Crippen molar-refractivity contribution in [2.75, 3.05) is 45.2 Å². The van der Waals surface area contributed by atoms with Gasteiger partial charge in [-0.3, -0.25) is 14.4 Å². The van der Waals surface area contributed by atoms with E-state index in [0.717, 1.165) is 30.6 Å². The minimum atomic E-state index is -0.582. The quantitative estimate of drug-likeness (QED) is 0.743. The van der Waals surface area contributed by atoms with Crippen molar-refractivity contribution < 1.29 is 19.1 Å². The fourth-order valence-electron chi connectivity index (χ4n) is 3.35. The number of thiophene rings is 1. The van der Waals surface area contributed by atoms with Crippen LogP contribution < -0.4 is 15.8 Å². The predicted octanol–water partition coefficient (Wildman–Crippen LogP) is 1.50. The standard InChI is InChI=1S/C20H24N4O4S/c1-23-6-8-24(9-7-23)16(25)11-28-13-4-5-14-15(10-13)29-20(17(14)18(21)26)22-19(27)12-2-3-12/h4-5,10,12H,2-3,6-9,11H2,1H3,(H2,21,26)(H,22,27). The van der Waals surface area contributed by atoms with E-state index in [0.29, 0.717) is 34.8 Å². The number of hydrogen-bond acceptors (Lipinski definition) is 6. The van der Waals surface area contributed by atoms with Crippen LogP contribution in [0.25, 0.3) is 10.1 Å². The lowest BCUT2D eigenvalue weighted by Crippen LogP contribution is -2.48. The Morgan fingerprint density at radius 3 is 2.59 bits per heavy atom. The van der Waals surface area contributed by atoms with E-state index in [1.807, 2.05) is 7.05 Å². The fourth-order valence-corrected chi connectivity index (χ4v) is 4.49. The van der Waals surface area contributed by atoms with E-state index in [1.165, 1.54) is 11.3 Å². The second-order valence-electron chi connectivity index (χ2n) is 7.56. The zero-order chi connectivity index (χ0) is 20.5. The third-order valence-corrected chi connectivity index (χ3v) is 6.38. The molecule has 3 N–H and O–H groups in total. The van der Waals surface area contributed by atoms with Crippen molar-refractivity contribution >= 4 is 44.1 Å². The summed E-state index contributed by atoms with van der Waals surface area (Å²) in [6, 6.07) is 5.23. The van der Waals surface area contributed by atoms with Crippen LogP contribution in [0.5, 0.6) is 5.75 Å². The van der Waals surface area contributed by atoms with E-state index in [2.05, 4.69) is 10.2 Å². The molecule has 0 unspecified atom stereocenters. The van der Waals surface area contributed by atoms with Crippen LogP contribution in [-0.2, 0) is 9.59 Å². The van der Waals surface area contributed by atoms with Gasteiger partial charge in [0.1, 0.15) is 10.8 Å². The molecule has 2 aliphatic rings. The van der Waals surface area contributed by atoms with Gasteiger partial charge in [-0.2, -0.15) is 0 Å². The Balaban J connectivity index is 1.47. The molecule has 9 heteroatoms. The topological polar surface area (TPSA) is 105 Å². The molecule has 2 heterocycles. The normalized spacial score (nSPS) is 17.3. The van der Waals surface area contributed by atoms with Gasteiger partial charge in [0.25, 0.3) is 11.8 Å². The number of benzene rings is 1. The van der Waals surface area contributed by atoms with Gasteiger partial charge in [-0.25, -0.2) is 0 Å². The van der Waals surface area contributed by atoms with Crippen molar-refractivity contribution in [1.29, 1.82) is 0 Å². The van der Waals surface area contributed by atoms with E-state index in [9.17, 15) is 14.4 Å². The number of carbonyl (C=O) groups excluding carboxylic acids is 3. The number of rotatable bonds is 6. The Kier molecular flexibility index (Phi) is 5.42. The van der Waals surface area contributed by atoms with Gasteiger partial charge in [0, 0.05) is 42.2 Å². The number of nitrogens with zero attached hydrogens (tertiary/aromatic N) is 2. The number of fused-ring (bicyclic) bond motifs is 1. The SMILES string of the molecule is CN1CCN(C(=O)COc2ccc3c(C(N)=O)c(NC(=O)C4CC4)sc3c2)CC1. The molecule has 1 aliphatic carbocycles. The molecule has 0 radical (unpaired) electrons. The maximum atomic E-state index is 12.4. The average molecular weight is 417 g/mol. The molecule has 0 spiro atoms. The zero-order valence-electron chi connectivity index (χ0n) is 16.3. The monoisotopic (exact) mass is 416 g/mol. The Labute approximate surface area is 172 Å². The largest absolute Gasteiger partial charge is 0.484 e. The first-order valence-electron chi connectivity index (χ1n) is 9.68. The lowest BCUT2D eigenvalue weighted by Gasteiger charge is -2.32. The van der Waals surface area contributed by atoms with E-state index in [4.69, 9.17) is 10.5 Å². The number of amides is 3. The predicted molar refractivity (Wildman–Crippen MR) is 111 cm³/mol. The van der Waals surface area contributed by atoms with Gasteiger partial charge in [-0.1, -0.05) is 0 Å². The molecule has 8 nitrogen and oxygen atoms in total. The fraction of sp³-hybridized carbons (Fsp3) is 0.450. The van der Waals surface area contributed by atoms with Gasteiger partial charge in [0.2, 0.25) is 5.91 Å². The molecule has 154 valence electrons. The highest BCUT2D eigenvalue weighted by Crippen LogP contribution is 2.39. The van der Waals surface area contributed by atoms with Crippen molar-refractivity contribution in [3.05, 3.63) is 23.8 Å². The average Bonchev–Trinajstić information content (AvgIpc) is 3.48. The van der Waals surface area contributed by atoms with Gasteiger partial charge in [0.05, 0.1) is 5.56 Å². The summed E-state index contributed by atoms with van der Waals surface area (Å²) in [7, 11) is 2.04. The highest BCUT2D eigenvalue weighted by molar-refractivity contribution is 7.23. The summed E-state index contributed by atoms with van der Waals surface area (Å²) in [5.74, 6) is -0.133. The maximum Gasteiger partial charge on any atom is 0.260 e. The van der Waals surface area contributed by atoms with E-state index in [-0.39, 0.29) is 24.3 Å². The van der Waals surface area contributed by atoms with Crippen LogP contribution in [0.1, 0.15) is 23.2 Å². The van der Waals surface area contributed by atoms with Crippen LogP contribution >= 0.6 is 11.3 Å². The summed E-state index contributed by atoms with van der Waals surface area (Å²) >= 11 is 1.29. The van der Waals surface area contributed by atoms with Gasteiger partial charge in [-0.05, 0) is 38.1 Å². The highest BCUT2D eigenvalue weighted by atomic mass is 32.1. The molecule has 2 fully saturated rings. The number of anilines is 1. The van der Waals surface area contributed by atoms with Crippen LogP contribution in [0.2, 0.25) is 0 Å². The van der Waals surface area contributed by atoms with Crippen LogP contribution in [0, 0.1) is 5.92 Å². The van der Waals surface area contributed by atoms with Crippen molar-refractivity contribution in [2.24, 2.45) is 11.7 Å². The van der Waals surface area contributed by atoms with Gasteiger partial charge < -0.3 is 25.6 Å². The summed E-state index contributed by atoms with van der Waals surface area (Å²) in [6.45, 7) is 3.09. The smallest absolute Gasteiger partial charge is 0.260 e. The van der Waals surface area contributed by atoms with E-state index in [1.54, 1.807) is 23.1 Å². The zero-order valence-corrected chi connectivity index (χ0v) is 17.1. The molecule has 0 atom stereocenters. The minimum absolute atomic E-state index is 0.0282. The van der Waals surface area contributed by atoms with Gasteiger partial charge >= 0.3 is 0 Å². The van der Waals surface area contributed by atoms with Crippen molar-refractivity contribution in [3.8, 4) is 5.75 Å². The summed E-state index contributed by atoms with van der Waals surface area (Å²) in [6.07, 6.45) is 1.75. The molecule has 29 heavy (non-hydrogen) atoms. The Morgan fingerprint density at radius 2 is 1.93 bits per heavy atom. The first-order valence-corrected chi connectivity index (χ1v) is 10.5. The molecule has 3 amide bonds. The summed E-state index contributed by atoms with van der Waals surface area (Å²) in [4.78, 5) is 40.4. The number of hydrogen-bond donors (Lipinski definition) is 2. The van der Waals surface area contributed by atoms with Crippen LogP contribution in [0.15, 0.2) is 18.2 Å². The molecular formula is C20H24N4O4S.